The average Bonchev–Trinajstić information content (AvgIpc) is 2.75. The summed E-state index contributed by atoms with van der Waals surface area (Å²) in [6.07, 6.45) is 1.86. The molecular weight excluding hydrogens is 320 g/mol. The van der Waals surface area contributed by atoms with Crippen LogP contribution in [-0.2, 0) is 17.1 Å². The average molecular weight is 340 g/mol. The highest BCUT2D eigenvalue weighted by Gasteiger charge is 2.24. The summed E-state index contributed by atoms with van der Waals surface area (Å²) in [6.45, 7) is 7.45. The van der Waals surface area contributed by atoms with Gasteiger partial charge in [-0.3, -0.25) is 0 Å². The van der Waals surface area contributed by atoms with Crippen LogP contribution in [0.5, 0.6) is 0 Å². The van der Waals surface area contributed by atoms with Crippen LogP contribution in [0.25, 0.3) is 0 Å². The molecule has 120 valence electrons. The van der Waals surface area contributed by atoms with E-state index < -0.39 is 10.0 Å². The van der Waals surface area contributed by atoms with E-state index in [1.807, 2.05) is 40.0 Å². The third-order valence-corrected chi connectivity index (χ3v) is 6.02. The van der Waals surface area contributed by atoms with Gasteiger partial charge in [0.25, 0.3) is 16.0 Å². The zero-order valence-corrected chi connectivity index (χ0v) is 15.2. The lowest BCUT2D eigenvalue weighted by Gasteiger charge is -2.15. The van der Waals surface area contributed by atoms with Gasteiger partial charge in [-0.05, 0) is 56.2 Å². The van der Waals surface area contributed by atoms with Crippen LogP contribution in [0.4, 0.5) is 5.95 Å². The Bertz CT molecular complexity index is 800. The highest BCUT2D eigenvalue weighted by Crippen LogP contribution is 2.27. The second-order valence-electron chi connectivity index (χ2n) is 5.24. The summed E-state index contributed by atoms with van der Waals surface area (Å²) in [4.78, 5) is 4.48. The number of rotatable bonds is 4. The zero-order valence-electron chi connectivity index (χ0n) is 13.6. The minimum atomic E-state index is -3.73. The lowest BCUT2D eigenvalue weighted by atomic mass is 10.0. The van der Waals surface area contributed by atoms with Crippen molar-refractivity contribution in [2.24, 2.45) is 7.05 Å². The summed E-state index contributed by atoms with van der Waals surface area (Å²) in [6, 6.07) is 1.99. The fraction of sp³-hybridized carbons (Fsp3) is 0.429. The van der Waals surface area contributed by atoms with Crippen LogP contribution in [0.15, 0.2) is 16.1 Å². The zero-order chi connectivity index (χ0) is 16.7. The number of anilines is 1. The minimum absolute atomic E-state index is 0.0878. The molecule has 22 heavy (non-hydrogen) atoms. The molecule has 0 aliphatic heterocycles. The van der Waals surface area contributed by atoms with Gasteiger partial charge in [0.1, 0.15) is 0 Å². The Morgan fingerprint density at radius 3 is 2.14 bits per heavy atom. The van der Waals surface area contributed by atoms with E-state index in [9.17, 15) is 8.42 Å². The van der Waals surface area contributed by atoms with Gasteiger partial charge < -0.3 is 0 Å². The Hall–Kier alpha value is -1.54. The molecule has 1 aromatic carbocycles. The summed E-state index contributed by atoms with van der Waals surface area (Å²) < 4.78 is 29.5. The molecule has 2 rings (SSSR count). The molecule has 2 aromatic rings. The van der Waals surface area contributed by atoms with E-state index in [1.165, 1.54) is 11.8 Å². The molecular formula is C14H20N4O2S2. The van der Waals surface area contributed by atoms with Crippen LogP contribution in [0.3, 0.4) is 0 Å². The standard InChI is InChI=1S/C14H20N4O2S2/c1-8-7-9(2)11(4)12(10(8)3)22(19,20)17-13-15-14(21-6)18(5)16-13/h7H,1-6H3,(H,16,17). The summed E-state index contributed by atoms with van der Waals surface area (Å²) in [5.74, 6) is 0.0878. The van der Waals surface area contributed by atoms with Crippen molar-refractivity contribution in [2.75, 3.05) is 11.0 Å². The van der Waals surface area contributed by atoms with Gasteiger partial charge in [0.05, 0.1) is 4.90 Å². The number of nitrogens with zero attached hydrogens (tertiary/aromatic N) is 3. The number of hydrogen-bond acceptors (Lipinski definition) is 5. The van der Waals surface area contributed by atoms with Crippen LogP contribution >= 0.6 is 11.8 Å². The van der Waals surface area contributed by atoms with Gasteiger partial charge in [-0.2, -0.15) is 4.98 Å². The predicted octanol–water partition coefficient (Wildman–Crippen LogP) is 2.57. The quantitative estimate of drug-likeness (QED) is 0.866. The van der Waals surface area contributed by atoms with Crippen LogP contribution in [0.1, 0.15) is 22.3 Å². The maximum absolute atomic E-state index is 12.7. The highest BCUT2D eigenvalue weighted by atomic mass is 32.2. The first kappa shape index (κ1) is 16.8. The smallest absolute Gasteiger partial charge is 0.246 e. The van der Waals surface area contributed by atoms with Crippen molar-refractivity contribution >= 4 is 27.7 Å². The number of hydrogen-bond donors (Lipinski definition) is 1. The molecule has 0 radical (unpaired) electrons. The summed E-state index contributed by atoms with van der Waals surface area (Å²) >= 11 is 1.40. The van der Waals surface area contributed by atoms with Crippen molar-refractivity contribution in [3.8, 4) is 0 Å². The molecule has 1 heterocycles. The van der Waals surface area contributed by atoms with Crippen molar-refractivity contribution < 1.29 is 8.42 Å². The Morgan fingerprint density at radius 1 is 1.14 bits per heavy atom. The maximum atomic E-state index is 12.7. The third kappa shape index (κ3) is 2.98. The normalized spacial score (nSPS) is 11.7. The fourth-order valence-corrected chi connectivity index (χ4v) is 4.39. The molecule has 0 saturated heterocycles. The van der Waals surface area contributed by atoms with E-state index in [0.717, 1.165) is 22.3 Å². The van der Waals surface area contributed by atoms with E-state index >= 15 is 0 Å². The fourth-order valence-electron chi connectivity index (χ4n) is 2.35. The molecule has 1 N–H and O–H groups in total. The SMILES string of the molecule is CSc1nc(NS(=O)(=O)c2c(C)c(C)cc(C)c2C)nn1C. The Labute approximate surface area is 135 Å². The van der Waals surface area contributed by atoms with Crippen LogP contribution in [0.2, 0.25) is 0 Å². The van der Waals surface area contributed by atoms with E-state index in [1.54, 1.807) is 11.7 Å². The number of thioether (sulfide) groups is 1. The van der Waals surface area contributed by atoms with Crippen molar-refractivity contribution in [1.29, 1.82) is 0 Å². The van der Waals surface area contributed by atoms with E-state index in [-0.39, 0.29) is 5.95 Å². The predicted molar refractivity (Wildman–Crippen MR) is 89.0 cm³/mol. The molecule has 0 saturated carbocycles. The van der Waals surface area contributed by atoms with Crippen LogP contribution < -0.4 is 4.72 Å². The molecule has 1 aromatic heterocycles. The van der Waals surface area contributed by atoms with Gasteiger partial charge in [0.2, 0.25) is 0 Å². The molecule has 0 aliphatic carbocycles. The lowest BCUT2D eigenvalue weighted by molar-refractivity contribution is 0.599. The van der Waals surface area contributed by atoms with Crippen molar-refractivity contribution in [3.63, 3.8) is 0 Å². The van der Waals surface area contributed by atoms with Crippen molar-refractivity contribution in [1.82, 2.24) is 14.8 Å². The van der Waals surface area contributed by atoms with Crippen molar-refractivity contribution in [2.45, 2.75) is 37.7 Å². The monoisotopic (exact) mass is 340 g/mol. The number of nitrogens with one attached hydrogen (secondary N) is 1. The molecule has 0 fully saturated rings. The van der Waals surface area contributed by atoms with Gasteiger partial charge in [-0.15, -0.1) is 5.10 Å². The van der Waals surface area contributed by atoms with Gasteiger partial charge in [0.15, 0.2) is 5.16 Å². The topological polar surface area (TPSA) is 76.9 Å². The summed E-state index contributed by atoms with van der Waals surface area (Å²) in [7, 11) is -2.00. The second kappa shape index (κ2) is 5.92. The van der Waals surface area contributed by atoms with E-state index in [2.05, 4.69) is 14.8 Å². The molecule has 0 bridgehead atoms. The molecule has 0 amide bonds. The first-order chi connectivity index (χ1) is 10.2. The van der Waals surface area contributed by atoms with Crippen molar-refractivity contribution in [3.05, 3.63) is 28.3 Å². The number of aryl methyl sites for hydroxylation is 3. The van der Waals surface area contributed by atoms with E-state index in [0.29, 0.717) is 10.1 Å². The van der Waals surface area contributed by atoms with Gasteiger partial charge in [-0.1, -0.05) is 17.8 Å². The maximum Gasteiger partial charge on any atom is 0.264 e. The summed E-state index contributed by atoms with van der Waals surface area (Å²) in [5, 5.41) is 4.74. The molecule has 0 spiro atoms. The number of benzene rings is 1. The van der Waals surface area contributed by atoms with E-state index in [4.69, 9.17) is 0 Å². The second-order valence-corrected chi connectivity index (χ2v) is 7.63. The Kier molecular flexibility index (Phi) is 4.53. The number of aromatic nitrogens is 3. The van der Waals surface area contributed by atoms with Crippen LogP contribution in [0, 0.1) is 27.7 Å². The third-order valence-electron chi connectivity index (χ3n) is 3.70. The van der Waals surface area contributed by atoms with Gasteiger partial charge in [0, 0.05) is 7.05 Å². The Balaban J connectivity index is 2.51. The molecule has 0 atom stereocenters. The lowest BCUT2D eigenvalue weighted by Crippen LogP contribution is -2.18. The number of sulfonamides is 1. The highest BCUT2D eigenvalue weighted by molar-refractivity contribution is 7.98. The molecule has 0 unspecified atom stereocenters. The molecule has 0 aliphatic rings. The summed E-state index contributed by atoms with van der Waals surface area (Å²) in [5.41, 5.74) is 3.39. The Morgan fingerprint density at radius 2 is 1.68 bits per heavy atom. The minimum Gasteiger partial charge on any atom is -0.246 e. The molecule has 8 heteroatoms. The van der Waals surface area contributed by atoms with Gasteiger partial charge in [-0.25, -0.2) is 17.8 Å². The largest absolute Gasteiger partial charge is 0.264 e. The van der Waals surface area contributed by atoms with Crippen LogP contribution in [-0.4, -0.2) is 29.4 Å². The molecule has 6 nitrogen and oxygen atoms in total. The van der Waals surface area contributed by atoms with Gasteiger partial charge >= 0.3 is 0 Å². The first-order valence-electron chi connectivity index (χ1n) is 6.72. The first-order valence-corrected chi connectivity index (χ1v) is 9.43.